The van der Waals surface area contributed by atoms with Crippen LogP contribution in [0.25, 0.3) is 44.5 Å². The number of phenolic OH excluding ortho intramolecular Hbond substituents is 1. The van der Waals surface area contributed by atoms with Gasteiger partial charge in [0.1, 0.15) is 11.3 Å². The molecule has 148 valence electrons. The van der Waals surface area contributed by atoms with Crippen molar-refractivity contribution in [3.63, 3.8) is 0 Å². The molecule has 0 amide bonds. The zero-order chi connectivity index (χ0) is 20.9. The van der Waals surface area contributed by atoms with Gasteiger partial charge >= 0.3 is 0 Å². The molecule has 3 heteroatoms. The third-order valence-corrected chi connectivity index (χ3v) is 5.58. The van der Waals surface area contributed by atoms with Crippen molar-refractivity contribution in [2.75, 3.05) is 0 Å². The molecule has 3 nitrogen and oxygen atoms in total. The third kappa shape index (κ3) is 3.03. The van der Waals surface area contributed by atoms with Crippen molar-refractivity contribution < 1.29 is 9.52 Å². The van der Waals surface area contributed by atoms with Gasteiger partial charge in [-0.1, -0.05) is 75.4 Å². The summed E-state index contributed by atoms with van der Waals surface area (Å²) < 4.78 is 6.17. The summed E-state index contributed by atoms with van der Waals surface area (Å²) in [5, 5.41) is 12.7. The van der Waals surface area contributed by atoms with E-state index in [9.17, 15) is 5.11 Å². The van der Waals surface area contributed by atoms with Crippen molar-refractivity contribution in [3.05, 3.63) is 84.4 Å². The summed E-state index contributed by atoms with van der Waals surface area (Å²) in [6, 6.07) is 26.2. The zero-order valence-electron chi connectivity index (χ0n) is 17.3. The van der Waals surface area contributed by atoms with Gasteiger partial charge in [-0.2, -0.15) is 0 Å². The highest BCUT2D eigenvalue weighted by Gasteiger charge is 2.22. The largest absolute Gasteiger partial charge is 0.507 e. The average Bonchev–Trinajstić information content (AvgIpc) is 3.16. The smallest absolute Gasteiger partial charge is 0.231 e. The van der Waals surface area contributed by atoms with Gasteiger partial charge in [0.05, 0.1) is 5.56 Å². The van der Waals surface area contributed by atoms with E-state index in [0.717, 1.165) is 22.2 Å². The summed E-state index contributed by atoms with van der Waals surface area (Å²) in [6.07, 6.45) is 0. The molecule has 0 spiro atoms. The minimum atomic E-state index is -0.0463. The van der Waals surface area contributed by atoms with Gasteiger partial charge in [0, 0.05) is 5.56 Å². The fourth-order valence-corrected chi connectivity index (χ4v) is 3.90. The molecule has 0 fully saturated rings. The highest BCUT2D eigenvalue weighted by Crippen LogP contribution is 2.40. The highest BCUT2D eigenvalue weighted by molar-refractivity contribution is 6.03. The van der Waals surface area contributed by atoms with Crippen LogP contribution in [-0.4, -0.2) is 10.1 Å². The number of oxazole rings is 1. The van der Waals surface area contributed by atoms with Gasteiger partial charge in [-0.05, 0) is 51.6 Å². The van der Waals surface area contributed by atoms with Crippen molar-refractivity contribution in [2.45, 2.75) is 26.2 Å². The fraction of sp³-hybridized carbons (Fsp3) is 0.148. The lowest BCUT2D eigenvalue weighted by molar-refractivity contribution is 0.474. The first-order valence-corrected chi connectivity index (χ1v) is 10.1. The number of nitrogens with zero attached hydrogens (tertiary/aromatic N) is 1. The Kier molecular flexibility index (Phi) is 4.14. The van der Waals surface area contributed by atoms with Crippen LogP contribution in [0.4, 0.5) is 0 Å². The van der Waals surface area contributed by atoms with Gasteiger partial charge < -0.3 is 9.52 Å². The lowest BCUT2D eigenvalue weighted by atomic mass is 9.84. The Morgan fingerprint density at radius 1 is 0.767 bits per heavy atom. The summed E-state index contributed by atoms with van der Waals surface area (Å²) in [7, 11) is 0. The first kappa shape index (κ1) is 18.4. The SMILES string of the molecule is CC(C)(C)c1cc(-c2cccc3ccccc23)c2nc(-c3ccccc3O)oc2c1. The van der Waals surface area contributed by atoms with Crippen LogP contribution in [0.2, 0.25) is 0 Å². The molecule has 5 aromatic rings. The van der Waals surface area contributed by atoms with Crippen LogP contribution in [0, 0.1) is 0 Å². The van der Waals surface area contributed by atoms with E-state index in [-0.39, 0.29) is 11.2 Å². The topological polar surface area (TPSA) is 46.3 Å². The Bertz CT molecular complexity index is 1380. The van der Waals surface area contributed by atoms with E-state index >= 15 is 0 Å². The molecule has 1 aromatic heterocycles. The minimum absolute atomic E-state index is 0.0463. The number of hydrogen-bond acceptors (Lipinski definition) is 3. The van der Waals surface area contributed by atoms with Crippen LogP contribution in [0.1, 0.15) is 26.3 Å². The van der Waals surface area contributed by atoms with E-state index in [0.29, 0.717) is 11.5 Å². The number of aromatic nitrogens is 1. The van der Waals surface area contributed by atoms with Gasteiger partial charge in [-0.15, -0.1) is 0 Å². The molecule has 0 saturated heterocycles. The Morgan fingerprint density at radius 2 is 1.47 bits per heavy atom. The third-order valence-electron chi connectivity index (χ3n) is 5.58. The first-order chi connectivity index (χ1) is 14.4. The number of hydrogen-bond donors (Lipinski definition) is 1. The van der Waals surface area contributed by atoms with Crippen molar-refractivity contribution in [1.82, 2.24) is 4.98 Å². The molecular formula is C27H23NO2. The van der Waals surface area contributed by atoms with E-state index in [1.54, 1.807) is 12.1 Å². The molecule has 0 aliphatic rings. The molecule has 0 radical (unpaired) electrons. The lowest BCUT2D eigenvalue weighted by Crippen LogP contribution is -2.11. The predicted molar refractivity (Wildman–Crippen MR) is 123 cm³/mol. The summed E-state index contributed by atoms with van der Waals surface area (Å²) in [5.41, 5.74) is 5.42. The van der Waals surface area contributed by atoms with Crippen molar-refractivity contribution in [2.24, 2.45) is 0 Å². The summed E-state index contributed by atoms with van der Waals surface area (Å²) in [5.74, 6) is 0.586. The van der Waals surface area contributed by atoms with Crippen LogP contribution >= 0.6 is 0 Å². The summed E-state index contributed by atoms with van der Waals surface area (Å²) in [6.45, 7) is 6.59. The second-order valence-electron chi connectivity index (χ2n) is 8.68. The number of fused-ring (bicyclic) bond motifs is 2. The van der Waals surface area contributed by atoms with Gasteiger partial charge in [0.25, 0.3) is 0 Å². The van der Waals surface area contributed by atoms with Crippen molar-refractivity contribution in [3.8, 4) is 28.3 Å². The molecule has 0 atom stereocenters. The number of aromatic hydroxyl groups is 1. The van der Waals surface area contributed by atoms with Crippen LogP contribution < -0.4 is 0 Å². The van der Waals surface area contributed by atoms with Gasteiger partial charge in [-0.3, -0.25) is 0 Å². The predicted octanol–water partition coefficient (Wildman–Crippen LogP) is 7.32. The molecule has 1 N–H and O–H groups in total. The maximum absolute atomic E-state index is 10.3. The van der Waals surface area contributed by atoms with E-state index < -0.39 is 0 Å². The Labute approximate surface area is 175 Å². The molecular weight excluding hydrogens is 370 g/mol. The van der Waals surface area contributed by atoms with Crippen LogP contribution in [0.5, 0.6) is 5.75 Å². The average molecular weight is 393 g/mol. The Morgan fingerprint density at radius 3 is 2.27 bits per heavy atom. The normalized spacial score (nSPS) is 12.0. The lowest BCUT2D eigenvalue weighted by Gasteiger charge is -2.20. The number of phenols is 1. The molecule has 0 aliphatic carbocycles. The molecule has 1 heterocycles. The summed E-state index contributed by atoms with van der Waals surface area (Å²) in [4.78, 5) is 4.82. The number of benzene rings is 4. The Hall–Kier alpha value is -3.59. The second kappa shape index (κ2) is 6.74. The minimum Gasteiger partial charge on any atom is -0.507 e. The highest BCUT2D eigenvalue weighted by atomic mass is 16.3. The van der Waals surface area contributed by atoms with Gasteiger partial charge in [0.2, 0.25) is 5.89 Å². The van der Waals surface area contributed by atoms with Crippen LogP contribution in [-0.2, 0) is 5.41 Å². The van der Waals surface area contributed by atoms with Gasteiger partial charge in [0.15, 0.2) is 5.58 Å². The maximum Gasteiger partial charge on any atom is 0.231 e. The van der Waals surface area contributed by atoms with E-state index in [1.165, 1.54) is 16.3 Å². The Balaban J connectivity index is 1.85. The van der Waals surface area contributed by atoms with Crippen LogP contribution in [0.3, 0.4) is 0 Å². The molecule has 30 heavy (non-hydrogen) atoms. The van der Waals surface area contributed by atoms with Crippen LogP contribution in [0.15, 0.2) is 83.3 Å². The standard InChI is InChI=1S/C27H23NO2/c1-27(2,3)18-15-22(20-13-8-10-17-9-4-5-11-19(17)20)25-24(16-18)30-26(28-25)21-12-6-7-14-23(21)29/h4-16,29H,1-3H3. The molecule has 5 rings (SSSR count). The molecule has 0 bridgehead atoms. The molecule has 0 saturated carbocycles. The van der Waals surface area contributed by atoms with E-state index in [1.807, 2.05) is 12.1 Å². The number of para-hydroxylation sites is 1. The maximum atomic E-state index is 10.3. The first-order valence-electron chi connectivity index (χ1n) is 10.1. The number of rotatable bonds is 2. The second-order valence-corrected chi connectivity index (χ2v) is 8.68. The molecule has 0 aliphatic heterocycles. The quantitative estimate of drug-likeness (QED) is 0.342. The molecule has 0 unspecified atom stereocenters. The monoisotopic (exact) mass is 393 g/mol. The summed E-state index contributed by atoms with van der Waals surface area (Å²) >= 11 is 0. The van der Waals surface area contributed by atoms with E-state index in [2.05, 4.69) is 75.4 Å². The fourth-order valence-electron chi connectivity index (χ4n) is 3.90. The van der Waals surface area contributed by atoms with Gasteiger partial charge in [-0.25, -0.2) is 4.98 Å². The van der Waals surface area contributed by atoms with E-state index in [4.69, 9.17) is 9.40 Å². The van der Waals surface area contributed by atoms with Crippen molar-refractivity contribution >= 4 is 21.9 Å². The molecule has 4 aromatic carbocycles. The zero-order valence-corrected chi connectivity index (χ0v) is 17.3. The van der Waals surface area contributed by atoms with Crippen molar-refractivity contribution in [1.29, 1.82) is 0 Å².